The smallest absolute Gasteiger partial charge is 0.255 e. The normalized spacial score (nSPS) is 14.6. The Labute approximate surface area is 183 Å². The zero-order valence-electron chi connectivity index (χ0n) is 18.3. The van der Waals surface area contributed by atoms with Crippen molar-refractivity contribution in [3.05, 3.63) is 60.4 Å². The molecular formula is C24H29N5O2. The van der Waals surface area contributed by atoms with Crippen molar-refractivity contribution >= 4 is 17.3 Å². The fourth-order valence-electron chi connectivity index (χ4n) is 4.05. The SMILES string of the molecule is COc1ccc(C(=O)Nc2ccc(-c3cn[nH]c3)cc2N2CCC(N(C)C)CC2)cc1. The number of piperidine rings is 1. The van der Waals surface area contributed by atoms with Crippen LogP contribution in [0.2, 0.25) is 0 Å². The topological polar surface area (TPSA) is 73.5 Å². The van der Waals surface area contributed by atoms with Gasteiger partial charge in [-0.05, 0) is 68.9 Å². The van der Waals surface area contributed by atoms with E-state index in [9.17, 15) is 4.79 Å². The van der Waals surface area contributed by atoms with Crippen LogP contribution in [0.25, 0.3) is 11.1 Å². The summed E-state index contributed by atoms with van der Waals surface area (Å²) < 4.78 is 5.19. The highest BCUT2D eigenvalue weighted by Crippen LogP contribution is 2.34. The fourth-order valence-corrected chi connectivity index (χ4v) is 4.05. The Kier molecular flexibility index (Phi) is 6.23. The van der Waals surface area contributed by atoms with Crippen molar-refractivity contribution in [2.24, 2.45) is 0 Å². The molecule has 4 rings (SSSR count). The average Bonchev–Trinajstić information content (AvgIpc) is 3.34. The van der Waals surface area contributed by atoms with E-state index < -0.39 is 0 Å². The summed E-state index contributed by atoms with van der Waals surface area (Å²) >= 11 is 0. The summed E-state index contributed by atoms with van der Waals surface area (Å²) in [6.07, 6.45) is 5.88. The second kappa shape index (κ2) is 9.22. The second-order valence-corrected chi connectivity index (χ2v) is 8.08. The Morgan fingerprint density at radius 1 is 1.13 bits per heavy atom. The van der Waals surface area contributed by atoms with Crippen molar-refractivity contribution < 1.29 is 9.53 Å². The van der Waals surface area contributed by atoms with Crippen LogP contribution in [-0.4, -0.2) is 61.3 Å². The van der Waals surface area contributed by atoms with Crippen LogP contribution in [0.4, 0.5) is 11.4 Å². The Bertz CT molecular complexity index is 1010. The number of rotatable bonds is 6. The van der Waals surface area contributed by atoms with Crippen LogP contribution < -0.4 is 15.0 Å². The van der Waals surface area contributed by atoms with Crippen LogP contribution in [0.5, 0.6) is 5.75 Å². The van der Waals surface area contributed by atoms with Gasteiger partial charge >= 0.3 is 0 Å². The zero-order chi connectivity index (χ0) is 21.8. The Morgan fingerprint density at radius 3 is 2.48 bits per heavy atom. The van der Waals surface area contributed by atoms with Gasteiger partial charge in [-0.25, -0.2) is 0 Å². The molecule has 2 heterocycles. The molecule has 0 atom stereocenters. The summed E-state index contributed by atoms with van der Waals surface area (Å²) in [6, 6.07) is 13.9. The van der Waals surface area contributed by atoms with Crippen molar-refractivity contribution in [2.75, 3.05) is 44.5 Å². The molecule has 0 radical (unpaired) electrons. The lowest BCUT2D eigenvalue weighted by Crippen LogP contribution is -2.42. The molecule has 1 fully saturated rings. The number of hydrogen-bond acceptors (Lipinski definition) is 5. The Hall–Kier alpha value is -3.32. The molecule has 1 aliphatic heterocycles. The minimum absolute atomic E-state index is 0.136. The molecule has 1 aliphatic rings. The number of ether oxygens (including phenoxy) is 1. The van der Waals surface area contributed by atoms with Gasteiger partial charge in [0, 0.05) is 36.5 Å². The van der Waals surface area contributed by atoms with Crippen LogP contribution >= 0.6 is 0 Å². The first kappa shape index (κ1) is 20.9. The maximum atomic E-state index is 12.9. The molecule has 1 saturated heterocycles. The van der Waals surface area contributed by atoms with E-state index in [0.717, 1.165) is 54.2 Å². The lowest BCUT2D eigenvalue weighted by molar-refractivity contribution is 0.102. The van der Waals surface area contributed by atoms with E-state index in [1.54, 1.807) is 31.4 Å². The van der Waals surface area contributed by atoms with Crippen LogP contribution in [0.3, 0.4) is 0 Å². The Morgan fingerprint density at radius 2 is 1.87 bits per heavy atom. The van der Waals surface area contributed by atoms with E-state index >= 15 is 0 Å². The van der Waals surface area contributed by atoms with Crippen molar-refractivity contribution in [3.8, 4) is 16.9 Å². The highest BCUT2D eigenvalue weighted by molar-refractivity contribution is 6.06. The van der Waals surface area contributed by atoms with Gasteiger partial charge in [0.25, 0.3) is 5.91 Å². The lowest BCUT2D eigenvalue weighted by Gasteiger charge is -2.37. The van der Waals surface area contributed by atoms with Crippen LogP contribution in [0, 0.1) is 0 Å². The number of methoxy groups -OCH3 is 1. The third-order valence-corrected chi connectivity index (χ3v) is 5.97. The van der Waals surface area contributed by atoms with E-state index in [2.05, 4.69) is 45.5 Å². The van der Waals surface area contributed by atoms with Gasteiger partial charge < -0.3 is 19.9 Å². The van der Waals surface area contributed by atoms with Gasteiger partial charge in [0.05, 0.1) is 24.7 Å². The minimum atomic E-state index is -0.136. The van der Waals surface area contributed by atoms with Gasteiger partial charge in [0.2, 0.25) is 0 Å². The number of hydrogen-bond donors (Lipinski definition) is 2. The van der Waals surface area contributed by atoms with E-state index in [4.69, 9.17) is 4.74 Å². The minimum Gasteiger partial charge on any atom is -0.497 e. The van der Waals surface area contributed by atoms with Gasteiger partial charge in [0.15, 0.2) is 0 Å². The highest BCUT2D eigenvalue weighted by Gasteiger charge is 2.23. The molecule has 7 heteroatoms. The molecule has 31 heavy (non-hydrogen) atoms. The summed E-state index contributed by atoms with van der Waals surface area (Å²) in [5, 5.41) is 10.1. The van der Waals surface area contributed by atoms with Gasteiger partial charge in [0.1, 0.15) is 5.75 Å². The number of nitrogens with zero attached hydrogens (tertiary/aromatic N) is 3. The molecule has 0 aliphatic carbocycles. The van der Waals surface area contributed by atoms with Crippen LogP contribution in [0.1, 0.15) is 23.2 Å². The number of nitrogens with one attached hydrogen (secondary N) is 2. The van der Waals surface area contributed by atoms with Gasteiger partial charge in [-0.1, -0.05) is 6.07 Å². The average molecular weight is 420 g/mol. The summed E-state index contributed by atoms with van der Waals surface area (Å²) in [5.41, 5.74) is 4.55. The number of carbonyl (C=O) groups is 1. The maximum absolute atomic E-state index is 12.9. The van der Waals surface area contributed by atoms with E-state index in [-0.39, 0.29) is 5.91 Å². The zero-order valence-corrected chi connectivity index (χ0v) is 18.3. The molecular weight excluding hydrogens is 390 g/mol. The fraction of sp³-hybridized carbons (Fsp3) is 0.333. The molecule has 0 saturated carbocycles. The van der Waals surface area contributed by atoms with E-state index in [1.807, 2.05) is 24.5 Å². The molecule has 2 aromatic carbocycles. The number of H-pyrrole nitrogens is 1. The first-order valence-corrected chi connectivity index (χ1v) is 10.5. The van der Waals surface area contributed by atoms with Crippen molar-refractivity contribution in [1.29, 1.82) is 0 Å². The molecule has 0 unspecified atom stereocenters. The predicted molar refractivity (Wildman–Crippen MR) is 124 cm³/mol. The van der Waals surface area contributed by atoms with E-state index in [1.165, 1.54) is 0 Å². The Balaban J connectivity index is 1.60. The quantitative estimate of drug-likeness (QED) is 0.635. The van der Waals surface area contributed by atoms with Crippen LogP contribution in [-0.2, 0) is 0 Å². The van der Waals surface area contributed by atoms with E-state index in [0.29, 0.717) is 11.6 Å². The molecule has 1 amide bonds. The first-order valence-electron chi connectivity index (χ1n) is 10.5. The third-order valence-electron chi connectivity index (χ3n) is 5.97. The maximum Gasteiger partial charge on any atom is 0.255 e. The first-order chi connectivity index (χ1) is 15.0. The molecule has 2 N–H and O–H groups in total. The van der Waals surface area contributed by atoms with Crippen molar-refractivity contribution in [1.82, 2.24) is 15.1 Å². The number of benzene rings is 2. The lowest BCUT2D eigenvalue weighted by atomic mass is 10.0. The molecule has 0 spiro atoms. The summed E-state index contributed by atoms with van der Waals surface area (Å²) in [6.45, 7) is 1.90. The van der Waals surface area contributed by atoms with Gasteiger partial charge in [-0.2, -0.15) is 5.10 Å². The number of anilines is 2. The molecule has 0 bridgehead atoms. The highest BCUT2D eigenvalue weighted by atomic mass is 16.5. The molecule has 1 aromatic heterocycles. The summed E-state index contributed by atoms with van der Waals surface area (Å²) in [7, 11) is 5.89. The predicted octanol–water partition coefficient (Wildman–Crippen LogP) is 3.87. The third kappa shape index (κ3) is 4.72. The number of carbonyl (C=O) groups excluding carboxylic acids is 1. The molecule has 162 valence electrons. The monoisotopic (exact) mass is 419 g/mol. The molecule has 7 nitrogen and oxygen atoms in total. The van der Waals surface area contributed by atoms with Crippen molar-refractivity contribution in [2.45, 2.75) is 18.9 Å². The van der Waals surface area contributed by atoms with Gasteiger partial charge in [-0.3, -0.25) is 9.89 Å². The molecule has 3 aromatic rings. The van der Waals surface area contributed by atoms with Gasteiger partial charge in [-0.15, -0.1) is 0 Å². The summed E-state index contributed by atoms with van der Waals surface area (Å²) in [5.74, 6) is 0.591. The second-order valence-electron chi connectivity index (χ2n) is 8.08. The van der Waals surface area contributed by atoms with Crippen LogP contribution in [0.15, 0.2) is 54.9 Å². The number of aromatic nitrogens is 2. The summed E-state index contributed by atoms with van der Waals surface area (Å²) in [4.78, 5) is 17.6. The number of aromatic amines is 1. The number of amides is 1. The van der Waals surface area contributed by atoms with Crippen molar-refractivity contribution in [3.63, 3.8) is 0 Å². The largest absolute Gasteiger partial charge is 0.497 e. The standard InChI is InChI=1S/C24H29N5O2/c1-28(2)20-10-12-29(13-11-20)23-14-18(19-15-25-26-16-19)6-9-22(23)27-24(30)17-4-7-21(31-3)8-5-17/h4-9,14-16,20H,10-13H2,1-3H3,(H,25,26)(H,27,30).